The van der Waals surface area contributed by atoms with Crippen LogP contribution in [0.25, 0.3) is 0 Å². The molecule has 1 amide bonds. The lowest BCUT2D eigenvalue weighted by Crippen LogP contribution is -2.15. The second kappa shape index (κ2) is 2.84. The number of nitrogens with one attached hydrogen (secondary N) is 1. The highest BCUT2D eigenvalue weighted by atomic mass is 16.2. The molecule has 0 unspecified atom stereocenters. The summed E-state index contributed by atoms with van der Waals surface area (Å²) in [5, 5.41) is 9.81. The van der Waals surface area contributed by atoms with Gasteiger partial charge < -0.3 is 0 Å². The zero-order valence-corrected chi connectivity index (χ0v) is 6.40. The first-order valence-corrected chi connectivity index (χ1v) is 3.81. The summed E-state index contributed by atoms with van der Waals surface area (Å²) >= 11 is 0. The molecule has 1 fully saturated rings. The first kappa shape index (κ1) is 7.15. The fourth-order valence-electron chi connectivity index (χ4n) is 0.863. The van der Waals surface area contributed by atoms with Crippen molar-refractivity contribution in [2.75, 3.05) is 5.32 Å². The molecule has 1 N–H and O–H groups in total. The summed E-state index contributed by atoms with van der Waals surface area (Å²) in [6, 6.07) is 0. The van der Waals surface area contributed by atoms with Crippen molar-refractivity contribution in [3.8, 4) is 0 Å². The lowest BCUT2D eigenvalue weighted by Gasteiger charge is -1.98. The zero-order valence-electron chi connectivity index (χ0n) is 6.40. The van der Waals surface area contributed by atoms with E-state index in [1.54, 1.807) is 0 Å². The predicted molar refractivity (Wildman–Crippen MR) is 41.2 cm³/mol. The van der Waals surface area contributed by atoms with Gasteiger partial charge in [-0.3, -0.25) is 10.1 Å². The van der Waals surface area contributed by atoms with E-state index >= 15 is 0 Å². The molecular weight excluding hydrogens is 156 g/mol. The van der Waals surface area contributed by atoms with Gasteiger partial charge in [0.15, 0.2) is 0 Å². The Morgan fingerprint density at radius 2 is 2.33 bits per heavy atom. The van der Waals surface area contributed by atoms with Gasteiger partial charge >= 0.3 is 0 Å². The fraction of sp³-hybridized carbons (Fsp3) is 0.429. The van der Waals surface area contributed by atoms with Gasteiger partial charge in [-0.15, -0.1) is 5.10 Å². The smallest absolute Gasteiger partial charge is 0.249 e. The quantitative estimate of drug-likeness (QED) is 0.678. The van der Waals surface area contributed by atoms with Crippen molar-refractivity contribution in [2.24, 2.45) is 5.92 Å². The van der Waals surface area contributed by atoms with Crippen LogP contribution in [0.5, 0.6) is 0 Å². The summed E-state index contributed by atoms with van der Waals surface area (Å²) < 4.78 is 0. The third-order valence-electron chi connectivity index (χ3n) is 1.67. The number of carbonyl (C=O) groups excluding carboxylic acids is 1. The number of rotatable bonds is 2. The van der Waals surface area contributed by atoms with Crippen molar-refractivity contribution in [1.29, 1.82) is 0 Å². The standard InChI is InChI=1S/C7H8N4O/c12-6(5-1-2-5)10-7-8-3-4-9-11-7/h3-5H,1-2H2,(H,8,10,11,12). The highest BCUT2D eigenvalue weighted by Gasteiger charge is 2.29. The maximum Gasteiger partial charge on any atom is 0.249 e. The first-order valence-electron chi connectivity index (χ1n) is 3.81. The van der Waals surface area contributed by atoms with E-state index in [1.807, 2.05) is 0 Å². The van der Waals surface area contributed by atoms with Crippen LogP contribution >= 0.6 is 0 Å². The van der Waals surface area contributed by atoms with E-state index in [0.29, 0.717) is 0 Å². The minimum absolute atomic E-state index is 0.00278. The summed E-state index contributed by atoms with van der Waals surface area (Å²) in [6.45, 7) is 0. The van der Waals surface area contributed by atoms with Gasteiger partial charge in [0, 0.05) is 5.92 Å². The van der Waals surface area contributed by atoms with Crippen molar-refractivity contribution in [2.45, 2.75) is 12.8 Å². The predicted octanol–water partition coefficient (Wildman–Crippen LogP) is 0.220. The maximum absolute atomic E-state index is 11.2. The second-order valence-corrected chi connectivity index (χ2v) is 2.73. The van der Waals surface area contributed by atoms with E-state index in [9.17, 15) is 4.79 Å². The number of hydrogen-bond donors (Lipinski definition) is 1. The molecule has 0 radical (unpaired) electrons. The van der Waals surface area contributed by atoms with Crippen LogP contribution in [0.15, 0.2) is 12.4 Å². The monoisotopic (exact) mass is 164 g/mol. The summed E-state index contributed by atoms with van der Waals surface area (Å²) in [4.78, 5) is 15.0. The largest absolute Gasteiger partial charge is 0.293 e. The van der Waals surface area contributed by atoms with E-state index in [4.69, 9.17) is 0 Å². The van der Waals surface area contributed by atoms with Crippen LogP contribution in [-0.2, 0) is 4.79 Å². The van der Waals surface area contributed by atoms with E-state index in [2.05, 4.69) is 20.5 Å². The SMILES string of the molecule is O=C(Nc1nccnn1)C1CC1. The first-order chi connectivity index (χ1) is 5.86. The maximum atomic E-state index is 11.2. The van der Waals surface area contributed by atoms with Gasteiger partial charge in [-0.25, -0.2) is 4.98 Å². The van der Waals surface area contributed by atoms with Gasteiger partial charge in [0.1, 0.15) is 0 Å². The number of carbonyl (C=O) groups is 1. The molecule has 1 saturated carbocycles. The van der Waals surface area contributed by atoms with Gasteiger partial charge in [-0.2, -0.15) is 5.10 Å². The highest BCUT2D eigenvalue weighted by Crippen LogP contribution is 2.29. The average Bonchev–Trinajstić information content (AvgIpc) is 2.88. The molecule has 0 saturated heterocycles. The molecule has 1 aliphatic rings. The molecule has 1 heterocycles. The Morgan fingerprint density at radius 3 is 2.92 bits per heavy atom. The number of anilines is 1. The molecule has 0 aromatic carbocycles. The molecule has 1 aromatic rings. The second-order valence-electron chi connectivity index (χ2n) is 2.73. The highest BCUT2D eigenvalue weighted by molar-refractivity contribution is 5.92. The van der Waals surface area contributed by atoms with Gasteiger partial charge in [0.25, 0.3) is 0 Å². The average molecular weight is 164 g/mol. The van der Waals surface area contributed by atoms with Crippen molar-refractivity contribution >= 4 is 11.9 Å². The Morgan fingerprint density at radius 1 is 1.50 bits per heavy atom. The van der Waals surface area contributed by atoms with Gasteiger partial charge in [-0.05, 0) is 12.8 Å². The molecular formula is C7H8N4O. The van der Waals surface area contributed by atoms with Crippen LogP contribution in [-0.4, -0.2) is 21.1 Å². The topological polar surface area (TPSA) is 67.8 Å². The number of nitrogens with zero attached hydrogens (tertiary/aromatic N) is 3. The van der Waals surface area contributed by atoms with Crippen molar-refractivity contribution in [3.63, 3.8) is 0 Å². The summed E-state index contributed by atoms with van der Waals surface area (Å²) in [5.74, 6) is 0.464. The molecule has 2 rings (SSSR count). The fourth-order valence-corrected chi connectivity index (χ4v) is 0.863. The van der Waals surface area contributed by atoms with Gasteiger partial charge in [0.2, 0.25) is 11.9 Å². The minimum atomic E-state index is 0.00278. The number of amides is 1. The third kappa shape index (κ3) is 1.55. The summed E-state index contributed by atoms with van der Waals surface area (Å²) in [5.41, 5.74) is 0. The molecule has 0 aliphatic heterocycles. The number of aromatic nitrogens is 3. The van der Waals surface area contributed by atoms with Crippen LogP contribution in [0.4, 0.5) is 5.95 Å². The number of hydrogen-bond acceptors (Lipinski definition) is 4. The minimum Gasteiger partial charge on any atom is -0.293 e. The van der Waals surface area contributed by atoms with E-state index in [-0.39, 0.29) is 17.8 Å². The molecule has 0 spiro atoms. The van der Waals surface area contributed by atoms with E-state index in [0.717, 1.165) is 12.8 Å². The lowest BCUT2D eigenvalue weighted by atomic mass is 10.4. The van der Waals surface area contributed by atoms with E-state index < -0.39 is 0 Å². The molecule has 0 bridgehead atoms. The van der Waals surface area contributed by atoms with Crippen LogP contribution in [0.1, 0.15) is 12.8 Å². The third-order valence-corrected chi connectivity index (χ3v) is 1.67. The van der Waals surface area contributed by atoms with E-state index in [1.165, 1.54) is 12.4 Å². The normalized spacial score (nSPS) is 15.7. The molecule has 12 heavy (non-hydrogen) atoms. The van der Waals surface area contributed by atoms with Crippen molar-refractivity contribution in [3.05, 3.63) is 12.4 Å². The van der Waals surface area contributed by atoms with Crippen LogP contribution < -0.4 is 5.32 Å². The van der Waals surface area contributed by atoms with Gasteiger partial charge in [0.05, 0.1) is 12.4 Å². The van der Waals surface area contributed by atoms with Crippen LogP contribution in [0.2, 0.25) is 0 Å². The Kier molecular flexibility index (Phi) is 1.69. The molecule has 5 nitrogen and oxygen atoms in total. The molecule has 1 aromatic heterocycles. The Bertz CT molecular complexity index is 283. The zero-order chi connectivity index (χ0) is 8.39. The molecule has 62 valence electrons. The Balaban J connectivity index is 1.98. The Labute approximate surface area is 69.2 Å². The van der Waals surface area contributed by atoms with Crippen molar-refractivity contribution in [1.82, 2.24) is 15.2 Å². The summed E-state index contributed by atoms with van der Waals surface area (Å²) in [7, 11) is 0. The van der Waals surface area contributed by atoms with Gasteiger partial charge in [-0.1, -0.05) is 0 Å². The van der Waals surface area contributed by atoms with Crippen LogP contribution in [0.3, 0.4) is 0 Å². The molecule has 1 aliphatic carbocycles. The van der Waals surface area contributed by atoms with Crippen molar-refractivity contribution < 1.29 is 4.79 Å². The molecule has 0 atom stereocenters. The molecule has 5 heteroatoms. The lowest BCUT2D eigenvalue weighted by molar-refractivity contribution is -0.117. The summed E-state index contributed by atoms with van der Waals surface area (Å²) in [6.07, 6.45) is 4.92. The Hall–Kier alpha value is -1.52. The van der Waals surface area contributed by atoms with Crippen LogP contribution in [0, 0.1) is 5.92 Å².